The number of amides is 1. The molecule has 3 aromatic rings. The van der Waals surface area contributed by atoms with Gasteiger partial charge < -0.3 is 20.5 Å². The first-order valence-electron chi connectivity index (χ1n) is 8.34. The third-order valence-corrected chi connectivity index (χ3v) is 3.58. The van der Waals surface area contributed by atoms with E-state index in [0.29, 0.717) is 31.3 Å². The van der Waals surface area contributed by atoms with E-state index in [2.05, 4.69) is 31.1 Å². The highest BCUT2D eigenvalue weighted by atomic mass is 16.1. The molecular weight excluding hydrogens is 330 g/mol. The number of aromatic nitrogens is 4. The van der Waals surface area contributed by atoms with Crippen LogP contribution in [0.2, 0.25) is 0 Å². The van der Waals surface area contributed by atoms with Crippen LogP contribution in [0.25, 0.3) is 0 Å². The molecule has 0 saturated carbocycles. The molecule has 0 aliphatic heterocycles. The van der Waals surface area contributed by atoms with Crippen LogP contribution in [0.3, 0.4) is 0 Å². The predicted octanol–water partition coefficient (Wildman–Crippen LogP) is 1.95. The van der Waals surface area contributed by atoms with Crippen molar-refractivity contribution in [3.8, 4) is 0 Å². The Hall–Kier alpha value is -3.42. The van der Waals surface area contributed by atoms with E-state index < -0.39 is 0 Å². The molecule has 0 fully saturated rings. The number of nitrogens with zero attached hydrogens (tertiary/aromatic N) is 4. The van der Waals surface area contributed by atoms with E-state index in [4.69, 9.17) is 0 Å². The summed E-state index contributed by atoms with van der Waals surface area (Å²) in [5.41, 5.74) is 1.10. The molecule has 0 spiro atoms. The van der Waals surface area contributed by atoms with Crippen LogP contribution in [0.5, 0.6) is 0 Å². The highest BCUT2D eigenvalue weighted by Crippen LogP contribution is 2.12. The minimum atomic E-state index is -0.0285. The third kappa shape index (κ3) is 5.30. The molecule has 3 heterocycles. The number of anilines is 3. The molecule has 0 radical (unpaired) electrons. The van der Waals surface area contributed by atoms with E-state index in [-0.39, 0.29) is 5.91 Å². The van der Waals surface area contributed by atoms with Gasteiger partial charge in [-0.3, -0.25) is 4.79 Å². The lowest BCUT2D eigenvalue weighted by Gasteiger charge is -2.08. The molecule has 0 aliphatic carbocycles. The van der Waals surface area contributed by atoms with Crippen molar-refractivity contribution in [2.75, 3.05) is 23.7 Å². The lowest BCUT2D eigenvalue weighted by Crippen LogP contribution is -2.31. The minimum Gasteiger partial charge on any atom is -0.367 e. The summed E-state index contributed by atoms with van der Waals surface area (Å²) in [4.78, 5) is 16.0. The molecule has 0 atom stereocenters. The summed E-state index contributed by atoms with van der Waals surface area (Å²) in [6, 6.07) is 11.3. The molecular formula is C18H21N7O. The quantitative estimate of drug-likeness (QED) is 0.537. The summed E-state index contributed by atoms with van der Waals surface area (Å²) in [6.45, 7) is 3.38. The van der Waals surface area contributed by atoms with Gasteiger partial charge in [0, 0.05) is 31.7 Å². The van der Waals surface area contributed by atoms with E-state index in [9.17, 15) is 4.79 Å². The van der Waals surface area contributed by atoms with E-state index in [1.165, 1.54) is 0 Å². The Morgan fingerprint density at radius 3 is 2.42 bits per heavy atom. The molecule has 1 amide bonds. The normalized spacial score (nSPS) is 10.3. The molecule has 26 heavy (non-hydrogen) atoms. The number of nitrogens with one attached hydrogen (secondary N) is 3. The van der Waals surface area contributed by atoms with Crippen LogP contribution in [0, 0.1) is 6.92 Å². The van der Waals surface area contributed by atoms with Gasteiger partial charge in [-0.1, -0.05) is 6.07 Å². The summed E-state index contributed by atoms with van der Waals surface area (Å²) >= 11 is 0. The highest BCUT2D eigenvalue weighted by Gasteiger charge is 2.02. The summed E-state index contributed by atoms with van der Waals surface area (Å²) < 4.78 is 1.82. The SMILES string of the molecule is Cc1ccc(Nc2ccc(NCCNC(=O)Cn3cccc3)nn2)nc1. The maximum absolute atomic E-state index is 11.8. The zero-order valence-corrected chi connectivity index (χ0v) is 14.5. The lowest BCUT2D eigenvalue weighted by atomic mass is 10.3. The Bertz CT molecular complexity index is 814. The van der Waals surface area contributed by atoms with Crippen LogP contribution in [0.4, 0.5) is 17.5 Å². The Morgan fingerprint density at radius 2 is 1.73 bits per heavy atom. The summed E-state index contributed by atoms with van der Waals surface area (Å²) in [6.07, 6.45) is 5.50. The smallest absolute Gasteiger partial charge is 0.239 e. The van der Waals surface area contributed by atoms with Crippen LogP contribution in [0.15, 0.2) is 55.0 Å². The van der Waals surface area contributed by atoms with Gasteiger partial charge in [0.15, 0.2) is 5.82 Å². The second kappa shape index (κ2) is 8.61. The fraction of sp³-hybridized carbons (Fsp3) is 0.222. The van der Waals surface area contributed by atoms with Crippen molar-refractivity contribution in [1.29, 1.82) is 0 Å². The number of rotatable bonds is 8. The van der Waals surface area contributed by atoms with Crippen molar-refractivity contribution in [3.63, 3.8) is 0 Å². The van der Waals surface area contributed by atoms with Gasteiger partial charge in [-0.2, -0.15) is 0 Å². The molecule has 0 aromatic carbocycles. The van der Waals surface area contributed by atoms with E-state index >= 15 is 0 Å². The van der Waals surface area contributed by atoms with Gasteiger partial charge in [-0.05, 0) is 42.8 Å². The maximum atomic E-state index is 11.8. The van der Waals surface area contributed by atoms with Crippen LogP contribution in [-0.2, 0) is 11.3 Å². The average molecular weight is 351 g/mol. The lowest BCUT2D eigenvalue weighted by molar-refractivity contribution is -0.121. The molecule has 3 aromatic heterocycles. The second-order valence-corrected chi connectivity index (χ2v) is 5.78. The van der Waals surface area contributed by atoms with Crippen molar-refractivity contribution < 1.29 is 4.79 Å². The largest absolute Gasteiger partial charge is 0.367 e. The summed E-state index contributed by atoms with van der Waals surface area (Å²) in [5.74, 6) is 1.95. The topological polar surface area (TPSA) is 96.8 Å². The van der Waals surface area contributed by atoms with Gasteiger partial charge in [0.2, 0.25) is 5.91 Å². The molecule has 3 rings (SSSR count). The molecule has 0 saturated heterocycles. The Kier molecular flexibility index (Phi) is 5.76. The summed E-state index contributed by atoms with van der Waals surface area (Å²) in [7, 11) is 0. The number of carbonyl (C=O) groups excluding carboxylic acids is 1. The van der Waals surface area contributed by atoms with Crippen LogP contribution < -0.4 is 16.0 Å². The fourth-order valence-electron chi connectivity index (χ4n) is 2.26. The Balaban J connectivity index is 1.38. The van der Waals surface area contributed by atoms with Crippen molar-refractivity contribution in [2.45, 2.75) is 13.5 Å². The average Bonchev–Trinajstić information content (AvgIpc) is 3.15. The van der Waals surface area contributed by atoms with Gasteiger partial charge >= 0.3 is 0 Å². The van der Waals surface area contributed by atoms with Crippen molar-refractivity contribution in [2.24, 2.45) is 0 Å². The minimum absolute atomic E-state index is 0.0285. The number of pyridine rings is 1. The molecule has 8 heteroatoms. The van der Waals surface area contributed by atoms with E-state index in [1.807, 2.05) is 60.3 Å². The van der Waals surface area contributed by atoms with Crippen LogP contribution >= 0.6 is 0 Å². The zero-order chi connectivity index (χ0) is 18.2. The number of carbonyl (C=O) groups is 1. The first-order chi connectivity index (χ1) is 12.7. The monoisotopic (exact) mass is 351 g/mol. The predicted molar refractivity (Wildman–Crippen MR) is 100 cm³/mol. The van der Waals surface area contributed by atoms with Gasteiger partial charge in [0.1, 0.15) is 18.2 Å². The van der Waals surface area contributed by atoms with Crippen molar-refractivity contribution in [1.82, 2.24) is 25.1 Å². The highest BCUT2D eigenvalue weighted by molar-refractivity contribution is 5.75. The molecule has 0 bridgehead atoms. The fourth-order valence-corrected chi connectivity index (χ4v) is 2.26. The van der Waals surface area contributed by atoms with E-state index in [0.717, 1.165) is 11.4 Å². The third-order valence-electron chi connectivity index (χ3n) is 3.58. The van der Waals surface area contributed by atoms with Gasteiger partial charge in [0.25, 0.3) is 0 Å². The number of aryl methyl sites for hydroxylation is 1. The molecule has 3 N–H and O–H groups in total. The van der Waals surface area contributed by atoms with Gasteiger partial charge in [0.05, 0.1) is 0 Å². The van der Waals surface area contributed by atoms with Crippen molar-refractivity contribution >= 4 is 23.4 Å². The van der Waals surface area contributed by atoms with Crippen LogP contribution in [-0.4, -0.2) is 38.7 Å². The molecule has 8 nitrogen and oxygen atoms in total. The van der Waals surface area contributed by atoms with E-state index in [1.54, 1.807) is 6.20 Å². The Labute approximate surface area is 151 Å². The van der Waals surface area contributed by atoms with Gasteiger partial charge in [-0.25, -0.2) is 4.98 Å². The summed E-state index contributed by atoms with van der Waals surface area (Å²) in [5, 5.41) is 17.3. The zero-order valence-electron chi connectivity index (χ0n) is 14.5. The molecule has 0 aliphatic rings. The standard InChI is InChI=1S/C18H21N7O/c1-14-4-5-15(21-12-14)22-17-7-6-16(23-24-17)19-8-9-20-18(26)13-25-10-2-3-11-25/h2-7,10-12H,8-9,13H2,1H3,(H,19,23)(H,20,26)(H,21,22,24). The Morgan fingerprint density at radius 1 is 1.00 bits per heavy atom. The molecule has 0 unspecified atom stereocenters. The first kappa shape index (κ1) is 17.4. The van der Waals surface area contributed by atoms with Crippen molar-refractivity contribution in [3.05, 3.63) is 60.6 Å². The van der Waals surface area contributed by atoms with Gasteiger partial charge in [-0.15, -0.1) is 10.2 Å². The number of hydrogen-bond donors (Lipinski definition) is 3. The molecule has 134 valence electrons. The van der Waals surface area contributed by atoms with Crippen LogP contribution in [0.1, 0.15) is 5.56 Å². The second-order valence-electron chi connectivity index (χ2n) is 5.78. The number of hydrogen-bond acceptors (Lipinski definition) is 6. The maximum Gasteiger partial charge on any atom is 0.239 e. The first-order valence-corrected chi connectivity index (χ1v) is 8.34.